The Hall–Kier alpha value is -3.15. The molecule has 1 saturated heterocycles. The first-order chi connectivity index (χ1) is 13.5. The summed E-state index contributed by atoms with van der Waals surface area (Å²) >= 11 is 0. The Bertz CT molecular complexity index is 1000. The van der Waals surface area contributed by atoms with E-state index in [1.807, 2.05) is 79.3 Å². The second-order valence-electron chi connectivity index (χ2n) is 7.33. The Labute approximate surface area is 165 Å². The number of amides is 1. The molecule has 1 amide bonds. The molecule has 3 aromatic rings. The number of rotatable bonds is 3. The van der Waals surface area contributed by atoms with Gasteiger partial charge in [0.2, 0.25) is 0 Å². The second kappa shape index (κ2) is 7.46. The highest BCUT2D eigenvalue weighted by Gasteiger charge is 2.24. The third-order valence-corrected chi connectivity index (χ3v) is 5.18. The molecule has 6 heteroatoms. The molecule has 6 nitrogen and oxygen atoms in total. The molecule has 0 radical (unpaired) electrons. The van der Waals surface area contributed by atoms with E-state index < -0.39 is 0 Å². The minimum absolute atomic E-state index is 0.101. The van der Waals surface area contributed by atoms with Crippen LogP contribution in [0.4, 0.5) is 11.6 Å². The van der Waals surface area contributed by atoms with Crippen molar-refractivity contribution in [1.82, 2.24) is 14.9 Å². The van der Waals surface area contributed by atoms with Crippen LogP contribution in [0.3, 0.4) is 0 Å². The van der Waals surface area contributed by atoms with Crippen molar-refractivity contribution in [3.63, 3.8) is 0 Å². The van der Waals surface area contributed by atoms with Gasteiger partial charge in [-0.15, -0.1) is 0 Å². The molecule has 4 rings (SSSR count). The first-order valence-electron chi connectivity index (χ1n) is 9.58. The SMILES string of the molecule is Cc1nc(N(C)C)cc(N2CCN(C(=O)c3cccc4ccccc34)CC2)n1. The maximum atomic E-state index is 13.1. The summed E-state index contributed by atoms with van der Waals surface area (Å²) in [4.78, 5) is 28.3. The highest BCUT2D eigenvalue weighted by Crippen LogP contribution is 2.23. The van der Waals surface area contributed by atoms with E-state index >= 15 is 0 Å². The molecule has 0 aliphatic carbocycles. The maximum Gasteiger partial charge on any atom is 0.254 e. The first-order valence-corrected chi connectivity index (χ1v) is 9.58. The van der Waals surface area contributed by atoms with Gasteiger partial charge in [0.25, 0.3) is 5.91 Å². The molecule has 0 bridgehead atoms. The van der Waals surface area contributed by atoms with Crippen molar-refractivity contribution >= 4 is 28.3 Å². The molecule has 0 N–H and O–H groups in total. The van der Waals surface area contributed by atoms with Crippen molar-refractivity contribution in [1.29, 1.82) is 0 Å². The van der Waals surface area contributed by atoms with E-state index in [0.29, 0.717) is 13.1 Å². The lowest BCUT2D eigenvalue weighted by molar-refractivity contribution is 0.0748. The molecule has 144 valence electrons. The van der Waals surface area contributed by atoms with Gasteiger partial charge in [-0.1, -0.05) is 36.4 Å². The largest absolute Gasteiger partial charge is 0.363 e. The molecule has 28 heavy (non-hydrogen) atoms. The Morgan fingerprint density at radius 2 is 1.68 bits per heavy atom. The van der Waals surface area contributed by atoms with Gasteiger partial charge >= 0.3 is 0 Å². The number of hydrogen-bond donors (Lipinski definition) is 0. The number of anilines is 2. The number of carbonyl (C=O) groups excluding carboxylic acids is 1. The number of nitrogens with zero attached hydrogens (tertiary/aromatic N) is 5. The number of aromatic nitrogens is 2. The monoisotopic (exact) mass is 375 g/mol. The topological polar surface area (TPSA) is 52.6 Å². The fraction of sp³-hybridized carbons (Fsp3) is 0.318. The van der Waals surface area contributed by atoms with Gasteiger partial charge in [0.05, 0.1) is 0 Å². The smallest absolute Gasteiger partial charge is 0.254 e. The standard InChI is InChI=1S/C22H25N5O/c1-16-23-20(25(2)3)15-21(24-16)26-11-13-27(14-12-26)22(28)19-10-6-8-17-7-4-5-9-18(17)19/h4-10,15H,11-14H2,1-3H3. The number of hydrogen-bond acceptors (Lipinski definition) is 5. The maximum absolute atomic E-state index is 13.1. The molecular formula is C22H25N5O. The van der Waals surface area contributed by atoms with Crippen LogP contribution in [-0.2, 0) is 0 Å². The molecule has 0 saturated carbocycles. The molecule has 1 aromatic heterocycles. The van der Waals surface area contributed by atoms with E-state index in [1.165, 1.54) is 0 Å². The third kappa shape index (κ3) is 3.50. The van der Waals surface area contributed by atoms with Crippen molar-refractivity contribution in [2.75, 3.05) is 50.1 Å². The first kappa shape index (κ1) is 18.2. The van der Waals surface area contributed by atoms with E-state index in [2.05, 4.69) is 14.9 Å². The molecule has 0 spiro atoms. The quantitative estimate of drug-likeness (QED) is 0.704. The highest BCUT2D eigenvalue weighted by atomic mass is 16.2. The highest BCUT2D eigenvalue weighted by molar-refractivity contribution is 6.07. The van der Waals surface area contributed by atoms with Crippen LogP contribution in [0, 0.1) is 6.92 Å². The van der Waals surface area contributed by atoms with E-state index in [-0.39, 0.29) is 5.91 Å². The van der Waals surface area contributed by atoms with Crippen LogP contribution in [0.5, 0.6) is 0 Å². The zero-order valence-corrected chi connectivity index (χ0v) is 16.6. The lowest BCUT2D eigenvalue weighted by atomic mass is 10.0. The molecule has 1 aliphatic heterocycles. The fourth-order valence-electron chi connectivity index (χ4n) is 3.65. The number of carbonyl (C=O) groups is 1. The number of piperazine rings is 1. The average Bonchev–Trinajstić information content (AvgIpc) is 2.72. The van der Waals surface area contributed by atoms with Gasteiger partial charge in [-0.25, -0.2) is 9.97 Å². The van der Waals surface area contributed by atoms with E-state index in [0.717, 1.165) is 46.9 Å². The number of benzene rings is 2. The van der Waals surface area contributed by atoms with E-state index in [9.17, 15) is 4.79 Å². The van der Waals surface area contributed by atoms with E-state index in [4.69, 9.17) is 0 Å². The van der Waals surface area contributed by atoms with Crippen molar-refractivity contribution < 1.29 is 4.79 Å². The summed E-state index contributed by atoms with van der Waals surface area (Å²) < 4.78 is 0. The van der Waals surface area contributed by atoms with Crippen molar-refractivity contribution in [2.45, 2.75) is 6.92 Å². The summed E-state index contributed by atoms with van der Waals surface area (Å²) in [5.74, 6) is 2.69. The summed E-state index contributed by atoms with van der Waals surface area (Å²) in [6.07, 6.45) is 0. The Kier molecular flexibility index (Phi) is 4.86. The van der Waals surface area contributed by atoms with Crippen LogP contribution < -0.4 is 9.80 Å². The normalized spacial score (nSPS) is 14.4. The van der Waals surface area contributed by atoms with Gasteiger partial charge in [-0.3, -0.25) is 4.79 Å². The fourth-order valence-corrected chi connectivity index (χ4v) is 3.65. The zero-order valence-electron chi connectivity index (χ0n) is 16.6. The molecule has 2 aromatic carbocycles. The van der Waals surface area contributed by atoms with Gasteiger partial charge in [-0.2, -0.15) is 0 Å². The van der Waals surface area contributed by atoms with Crippen LogP contribution in [0.15, 0.2) is 48.5 Å². The van der Waals surface area contributed by atoms with Crippen LogP contribution in [0.2, 0.25) is 0 Å². The average molecular weight is 375 g/mol. The summed E-state index contributed by atoms with van der Waals surface area (Å²) in [6.45, 7) is 4.81. The third-order valence-electron chi connectivity index (χ3n) is 5.18. The number of fused-ring (bicyclic) bond motifs is 1. The van der Waals surface area contributed by atoms with Crippen molar-refractivity contribution in [3.8, 4) is 0 Å². The van der Waals surface area contributed by atoms with E-state index in [1.54, 1.807) is 0 Å². The van der Waals surface area contributed by atoms with Crippen LogP contribution >= 0.6 is 0 Å². The lowest BCUT2D eigenvalue weighted by Gasteiger charge is -2.36. The predicted octanol–water partition coefficient (Wildman–Crippen LogP) is 2.97. The molecule has 0 unspecified atom stereocenters. The predicted molar refractivity (Wildman–Crippen MR) is 113 cm³/mol. The minimum atomic E-state index is 0.101. The van der Waals surface area contributed by atoms with Gasteiger partial charge < -0.3 is 14.7 Å². The summed E-state index contributed by atoms with van der Waals surface area (Å²) in [5, 5.41) is 2.11. The van der Waals surface area contributed by atoms with Gasteiger partial charge in [0, 0.05) is 51.9 Å². The molecule has 1 fully saturated rings. The molecule has 1 aliphatic rings. The Morgan fingerprint density at radius 1 is 0.964 bits per heavy atom. The van der Waals surface area contributed by atoms with Crippen LogP contribution in [-0.4, -0.2) is 61.0 Å². The van der Waals surface area contributed by atoms with Gasteiger partial charge in [0.15, 0.2) is 0 Å². The van der Waals surface area contributed by atoms with Crippen molar-refractivity contribution in [3.05, 3.63) is 59.9 Å². The van der Waals surface area contributed by atoms with Crippen LogP contribution in [0.1, 0.15) is 16.2 Å². The minimum Gasteiger partial charge on any atom is -0.363 e. The molecule has 0 atom stereocenters. The summed E-state index contributed by atoms with van der Waals surface area (Å²) in [6, 6.07) is 16.0. The lowest BCUT2D eigenvalue weighted by Crippen LogP contribution is -2.49. The Balaban J connectivity index is 1.50. The zero-order chi connectivity index (χ0) is 19.7. The Morgan fingerprint density at radius 3 is 2.43 bits per heavy atom. The molecule has 2 heterocycles. The second-order valence-corrected chi connectivity index (χ2v) is 7.33. The molecular weight excluding hydrogens is 350 g/mol. The van der Waals surface area contributed by atoms with Crippen molar-refractivity contribution in [2.24, 2.45) is 0 Å². The summed E-state index contributed by atoms with van der Waals surface area (Å²) in [5.41, 5.74) is 0.777. The van der Waals surface area contributed by atoms with Gasteiger partial charge in [0.1, 0.15) is 17.5 Å². The number of aryl methyl sites for hydroxylation is 1. The van der Waals surface area contributed by atoms with Gasteiger partial charge in [-0.05, 0) is 23.8 Å². The summed E-state index contributed by atoms with van der Waals surface area (Å²) in [7, 11) is 3.96. The van der Waals surface area contributed by atoms with Crippen LogP contribution in [0.25, 0.3) is 10.8 Å².